The smallest absolute Gasteiger partial charge is 0.164 e. The van der Waals surface area contributed by atoms with Crippen LogP contribution in [0.25, 0.3) is 139 Å². The van der Waals surface area contributed by atoms with Crippen LogP contribution in [0.5, 0.6) is 0 Å². The number of aromatic nitrogens is 4. The van der Waals surface area contributed by atoms with Gasteiger partial charge in [-0.3, -0.25) is 0 Å². The number of benzene rings is 10. The van der Waals surface area contributed by atoms with Crippen molar-refractivity contribution in [2.45, 2.75) is 0 Å². The van der Waals surface area contributed by atoms with Gasteiger partial charge in [-0.2, -0.15) is 0 Å². The summed E-state index contributed by atoms with van der Waals surface area (Å²) in [4.78, 5) is 15.0. The van der Waals surface area contributed by atoms with E-state index in [1.807, 2.05) is 72.8 Å². The standard InChI is InChI=1S/C63H38N4O2/c1-4-17-39(18-5-1)42-33-36-54-52(38-42)46-25-10-12-30-53(46)67(54)55-31-16-29-49-47-27-15-28-48(58(47)69-59(49)55)50-35-34-45(57-51-26-11-13-32-56(51)68-60(50)57)43-23-14-24-44(37-43)63-65-61(40-19-6-2-7-20-40)64-62(66-63)41-21-8-3-9-22-41/h1-38H. The van der Waals surface area contributed by atoms with Crippen molar-refractivity contribution in [1.82, 2.24) is 19.5 Å². The first-order chi connectivity index (χ1) is 34.2. The second-order valence-electron chi connectivity index (χ2n) is 17.5. The van der Waals surface area contributed by atoms with Crippen molar-refractivity contribution >= 4 is 65.7 Å². The van der Waals surface area contributed by atoms with E-state index in [0.29, 0.717) is 17.5 Å². The molecule has 0 atom stereocenters. The Labute approximate surface area is 396 Å². The van der Waals surface area contributed by atoms with Crippen LogP contribution in [-0.4, -0.2) is 19.5 Å². The second-order valence-corrected chi connectivity index (χ2v) is 17.5. The summed E-state index contributed by atoms with van der Waals surface area (Å²) in [6.07, 6.45) is 0. The van der Waals surface area contributed by atoms with Crippen molar-refractivity contribution in [3.8, 4) is 73.2 Å². The molecule has 14 rings (SSSR count). The highest BCUT2D eigenvalue weighted by molar-refractivity contribution is 6.20. The van der Waals surface area contributed by atoms with Crippen LogP contribution in [0, 0.1) is 0 Å². The Morgan fingerprint density at radius 2 is 0.826 bits per heavy atom. The zero-order valence-electron chi connectivity index (χ0n) is 37.0. The van der Waals surface area contributed by atoms with Gasteiger partial charge in [0.1, 0.15) is 16.7 Å². The Hall–Kier alpha value is -9.39. The third-order valence-electron chi connectivity index (χ3n) is 13.5. The number of nitrogens with zero attached hydrogens (tertiary/aromatic N) is 4. The predicted octanol–water partition coefficient (Wildman–Crippen LogP) is 16.8. The summed E-state index contributed by atoms with van der Waals surface area (Å²) in [5, 5.41) is 6.54. The molecule has 0 spiro atoms. The van der Waals surface area contributed by atoms with E-state index in [9.17, 15) is 0 Å². The average Bonchev–Trinajstić information content (AvgIpc) is 4.12. The summed E-state index contributed by atoms with van der Waals surface area (Å²) >= 11 is 0. The first-order valence-corrected chi connectivity index (χ1v) is 23.2. The van der Waals surface area contributed by atoms with E-state index in [-0.39, 0.29) is 0 Å². The van der Waals surface area contributed by atoms with Crippen LogP contribution < -0.4 is 0 Å². The number of furan rings is 2. The van der Waals surface area contributed by atoms with Gasteiger partial charge in [0.2, 0.25) is 0 Å². The molecule has 14 aromatic rings. The van der Waals surface area contributed by atoms with E-state index in [1.165, 1.54) is 21.9 Å². The molecule has 0 radical (unpaired) electrons. The number of para-hydroxylation sites is 4. The molecule has 6 heteroatoms. The van der Waals surface area contributed by atoms with E-state index in [4.69, 9.17) is 23.8 Å². The average molecular weight is 883 g/mol. The minimum Gasteiger partial charge on any atom is -0.455 e. The molecule has 0 aliphatic heterocycles. The van der Waals surface area contributed by atoms with Gasteiger partial charge in [-0.25, -0.2) is 15.0 Å². The molecule has 0 N–H and O–H groups in total. The van der Waals surface area contributed by atoms with Crippen molar-refractivity contribution in [2.24, 2.45) is 0 Å². The fourth-order valence-electron chi connectivity index (χ4n) is 10.3. The molecule has 322 valence electrons. The minimum atomic E-state index is 0.600. The lowest BCUT2D eigenvalue weighted by molar-refractivity contribution is 0.663. The molecule has 6 nitrogen and oxygen atoms in total. The molecule has 0 saturated heterocycles. The molecule has 0 saturated carbocycles. The Bertz CT molecular complexity index is 4250. The zero-order chi connectivity index (χ0) is 45.4. The number of hydrogen-bond donors (Lipinski definition) is 0. The SMILES string of the molecule is c1ccc(-c2ccc3c(c2)c2ccccc2n3-c2cccc3c2oc2c(-c4ccc(-c5cccc(-c6nc(-c7ccccc7)nc(-c7ccccc7)n6)c5)c5c4oc4ccccc45)cccc23)cc1. The van der Waals surface area contributed by atoms with E-state index in [1.54, 1.807) is 0 Å². The lowest BCUT2D eigenvalue weighted by atomic mass is 9.93. The highest BCUT2D eigenvalue weighted by Crippen LogP contribution is 2.46. The van der Waals surface area contributed by atoms with Crippen LogP contribution in [-0.2, 0) is 0 Å². The van der Waals surface area contributed by atoms with Crippen molar-refractivity contribution in [2.75, 3.05) is 0 Å². The Balaban J connectivity index is 0.933. The maximum absolute atomic E-state index is 7.19. The first kappa shape index (κ1) is 38.8. The Morgan fingerprint density at radius 1 is 0.290 bits per heavy atom. The maximum atomic E-state index is 7.19. The first-order valence-electron chi connectivity index (χ1n) is 23.2. The van der Waals surface area contributed by atoms with E-state index in [2.05, 4.69) is 162 Å². The molecule has 69 heavy (non-hydrogen) atoms. The fraction of sp³-hybridized carbons (Fsp3) is 0. The molecule has 4 aromatic heterocycles. The van der Waals surface area contributed by atoms with Gasteiger partial charge in [0.15, 0.2) is 23.1 Å². The second kappa shape index (κ2) is 15.6. The molecule has 10 aromatic carbocycles. The largest absolute Gasteiger partial charge is 0.455 e. The Morgan fingerprint density at radius 3 is 1.58 bits per heavy atom. The van der Waals surface area contributed by atoms with Crippen LogP contribution in [0.2, 0.25) is 0 Å². The molecule has 0 bridgehead atoms. The molecule has 0 aliphatic rings. The summed E-state index contributed by atoms with van der Waals surface area (Å²) in [6.45, 7) is 0. The topological polar surface area (TPSA) is 69.9 Å². The van der Waals surface area contributed by atoms with Gasteiger partial charge < -0.3 is 13.4 Å². The quantitative estimate of drug-likeness (QED) is 0.159. The lowest BCUT2D eigenvalue weighted by Gasteiger charge is -2.11. The summed E-state index contributed by atoms with van der Waals surface area (Å²) in [6, 6.07) is 80.2. The van der Waals surface area contributed by atoms with Gasteiger partial charge >= 0.3 is 0 Å². The van der Waals surface area contributed by atoms with Gasteiger partial charge in [0, 0.05) is 60.1 Å². The molecular formula is C63H38N4O2. The van der Waals surface area contributed by atoms with Crippen LogP contribution in [0.1, 0.15) is 0 Å². The number of rotatable bonds is 7. The molecule has 4 heterocycles. The highest BCUT2D eigenvalue weighted by atomic mass is 16.3. The highest BCUT2D eigenvalue weighted by Gasteiger charge is 2.23. The van der Waals surface area contributed by atoms with Crippen molar-refractivity contribution in [3.63, 3.8) is 0 Å². The van der Waals surface area contributed by atoms with Crippen LogP contribution in [0.15, 0.2) is 239 Å². The zero-order valence-corrected chi connectivity index (χ0v) is 37.0. The van der Waals surface area contributed by atoms with Gasteiger partial charge in [0.05, 0.1) is 16.7 Å². The summed E-state index contributed by atoms with van der Waals surface area (Å²) in [7, 11) is 0. The molecule has 0 fully saturated rings. The van der Waals surface area contributed by atoms with Crippen molar-refractivity contribution in [3.05, 3.63) is 231 Å². The third-order valence-corrected chi connectivity index (χ3v) is 13.5. The van der Waals surface area contributed by atoms with Gasteiger partial charge in [-0.15, -0.1) is 0 Å². The third kappa shape index (κ3) is 6.30. The normalized spacial score (nSPS) is 11.8. The molecule has 0 unspecified atom stereocenters. The van der Waals surface area contributed by atoms with Gasteiger partial charge in [-0.1, -0.05) is 188 Å². The van der Waals surface area contributed by atoms with Crippen LogP contribution in [0.3, 0.4) is 0 Å². The molecule has 0 amide bonds. The van der Waals surface area contributed by atoms with Crippen molar-refractivity contribution < 1.29 is 8.83 Å². The lowest BCUT2D eigenvalue weighted by Crippen LogP contribution is -2.00. The summed E-state index contributed by atoms with van der Waals surface area (Å²) < 4.78 is 16.5. The van der Waals surface area contributed by atoms with Crippen LogP contribution in [0.4, 0.5) is 0 Å². The monoisotopic (exact) mass is 882 g/mol. The predicted molar refractivity (Wildman–Crippen MR) is 281 cm³/mol. The van der Waals surface area contributed by atoms with Crippen molar-refractivity contribution in [1.29, 1.82) is 0 Å². The van der Waals surface area contributed by atoms with E-state index < -0.39 is 0 Å². The van der Waals surface area contributed by atoms with Crippen LogP contribution >= 0.6 is 0 Å². The maximum Gasteiger partial charge on any atom is 0.164 e. The van der Waals surface area contributed by atoms with E-state index >= 15 is 0 Å². The number of fused-ring (bicyclic) bond motifs is 9. The summed E-state index contributed by atoms with van der Waals surface area (Å²) in [5.74, 6) is 1.84. The fourth-order valence-corrected chi connectivity index (χ4v) is 10.3. The molecular weight excluding hydrogens is 845 g/mol. The minimum absolute atomic E-state index is 0.600. The number of hydrogen-bond acceptors (Lipinski definition) is 5. The summed E-state index contributed by atoms with van der Waals surface area (Å²) in [5.41, 5.74) is 15.6. The van der Waals surface area contributed by atoms with Gasteiger partial charge in [-0.05, 0) is 64.7 Å². The van der Waals surface area contributed by atoms with Gasteiger partial charge in [0.25, 0.3) is 0 Å². The Kier molecular flexibility index (Phi) is 8.79. The molecule has 0 aliphatic carbocycles. The van der Waals surface area contributed by atoms with E-state index in [0.717, 1.165) is 99.5 Å².